The molecule has 0 aliphatic carbocycles. The summed E-state index contributed by atoms with van der Waals surface area (Å²) in [4.78, 5) is 20.2. The van der Waals surface area contributed by atoms with Gasteiger partial charge in [0.15, 0.2) is 5.13 Å². The van der Waals surface area contributed by atoms with Crippen LogP contribution in [0.1, 0.15) is 26.8 Å². The predicted molar refractivity (Wildman–Crippen MR) is 78.1 cm³/mol. The van der Waals surface area contributed by atoms with E-state index in [0.29, 0.717) is 10.8 Å². The number of hydrogen-bond acceptors (Lipinski definition) is 5. The van der Waals surface area contributed by atoms with E-state index in [1.54, 1.807) is 29.1 Å². The molecule has 2 aromatic rings. The number of aromatic nitrogens is 3. The van der Waals surface area contributed by atoms with E-state index in [1.165, 1.54) is 4.88 Å². The quantitative estimate of drug-likeness (QED) is 0.909. The van der Waals surface area contributed by atoms with Crippen LogP contribution < -0.4 is 5.32 Å². The van der Waals surface area contributed by atoms with Crippen LogP contribution in [0.4, 0.5) is 5.13 Å². The van der Waals surface area contributed by atoms with Gasteiger partial charge in [-0.3, -0.25) is 14.8 Å². The van der Waals surface area contributed by atoms with Crippen molar-refractivity contribution < 1.29 is 4.79 Å². The minimum Gasteiger partial charge on any atom is -0.301 e. The van der Waals surface area contributed by atoms with Gasteiger partial charge >= 0.3 is 0 Å². The molecule has 20 heavy (non-hydrogen) atoms. The summed E-state index contributed by atoms with van der Waals surface area (Å²) in [7, 11) is 3.86. The van der Waals surface area contributed by atoms with Crippen molar-refractivity contribution in [1.29, 1.82) is 0 Å². The first kappa shape index (κ1) is 13.3. The van der Waals surface area contributed by atoms with Crippen LogP contribution in [0, 0.1) is 6.92 Å². The van der Waals surface area contributed by atoms with Crippen LogP contribution in [0.5, 0.6) is 0 Å². The molecule has 1 aliphatic heterocycles. The van der Waals surface area contributed by atoms with Gasteiger partial charge in [0.05, 0.1) is 11.4 Å². The lowest BCUT2D eigenvalue weighted by Gasteiger charge is -2.20. The highest BCUT2D eigenvalue weighted by molar-refractivity contribution is 7.15. The number of thiazole rings is 1. The third kappa shape index (κ3) is 2.46. The first-order chi connectivity index (χ1) is 9.52. The maximum Gasteiger partial charge on any atom is 0.275 e. The molecule has 7 heteroatoms. The van der Waals surface area contributed by atoms with Gasteiger partial charge in [0, 0.05) is 31.4 Å². The molecule has 0 bridgehead atoms. The molecule has 3 rings (SSSR count). The SMILES string of the molecule is Cc1cc(C(=O)Nc2nc3c(s2)CN(C)CC3)n(C)n1. The number of carbonyl (C=O) groups is 1. The molecule has 0 fully saturated rings. The highest BCUT2D eigenvalue weighted by Gasteiger charge is 2.20. The molecule has 0 saturated carbocycles. The minimum atomic E-state index is -0.160. The molecule has 0 atom stereocenters. The molecule has 0 radical (unpaired) electrons. The van der Waals surface area contributed by atoms with Gasteiger partial charge in [-0.1, -0.05) is 0 Å². The van der Waals surface area contributed by atoms with Gasteiger partial charge in [-0.15, -0.1) is 11.3 Å². The number of anilines is 1. The molecular formula is C13H17N5OS. The first-order valence-corrected chi connectivity index (χ1v) is 7.33. The average Bonchev–Trinajstić information content (AvgIpc) is 2.91. The lowest BCUT2D eigenvalue weighted by Crippen LogP contribution is -2.25. The van der Waals surface area contributed by atoms with Crippen molar-refractivity contribution in [1.82, 2.24) is 19.7 Å². The Morgan fingerprint density at radius 3 is 2.95 bits per heavy atom. The molecule has 1 N–H and O–H groups in total. The van der Waals surface area contributed by atoms with Crippen LogP contribution in [-0.4, -0.2) is 39.2 Å². The van der Waals surface area contributed by atoms with E-state index in [4.69, 9.17) is 0 Å². The van der Waals surface area contributed by atoms with Crippen molar-refractivity contribution >= 4 is 22.4 Å². The van der Waals surface area contributed by atoms with Gasteiger partial charge < -0.3 is 4.90 Å². The third-order valence-electron chi connectivity index (χ3n) is 3.38. The molecule has 3 heterocycles. The number of aryl methyl sites for hydroxylation is 2. The van der Waals surface area contributed by atoms with Crippen LogP contribution in [0.25, 0.3) is 0 Å². The van der Waals surface area contributed by atoms with Gasteiger partial charge in [0.2, 0.25) is 0 Å². The van der Waals surface area contributed by atoms with Gasteiger partial charge in [0.25, 0.3) is 5.91 Å². The molecule has 1 aliphatic rings. The van der Waals surface area contributed by atoms with Crippen molar-refractivity contribution in [2.45, 2.75) is 19.9 Å². The zero-order chi connectivity index (χ0) is 14.3. The van der Waals surface area contributed by atoms with Gasteiger partial charge in [-0.2, -0.15) is 5.10 Å². The highest BCUT2D eigenvalue weighted by atomic mass is 32.1. The molecule has 2 aromatic heterocycles. The topological polar surface area (TPSA) is 63.1 Å². The van der Waals surface area contributed by atoms with E-state index in [0.717, 1.165) is 30.9 Å². The molecule has 0 spiro atoms. The van der Waals surface area contributed by atoms with E-state index in [-0.39, 0.29) is 5.91 Å². The Morgan fingerprint density at radius 1 is 1.45 bits per heavy atom. The number of hydrogen-bond donors (Lipinski definition) is 1. The second kappa shape index (κ2) is 4.99. The molecule has 1 amide bonds. The largest absolute Gasteiger partial charge is 0.301 e. The second-order valence-corrected chi connectivity index (χ2v) is 6.21. The van der Waals surface area contributed by atoms with Crippen LogP contribution in [-0.2, 0) is 20.0 Å². The normalized spacial score (nSPS) is 15.2. The van der Waals surface area contributed by atoms with Crippen molar-refractivity contribution in [2.24, 2.45) is 7.05 Å². The lowest BCUT2D eigenvalue weighted by atomic mass is 10.2. The number of nitrogens with one attached hydrogen (secondary N) is 1. The average molecular weight is 291 g/mol. The lowest BCUT2D eigenvalue weighted by molar-refractivity contribution is 0.101. The van der Waals surface area contributed by atoms with Crippen molar-refractivity contribution in [3.05, 3.63) is 28.0 Å². The number of fused-ring (bicyclic) bond motifs is 1. The molecule has 106 valence electrons. The van der Waals surface area contributed by atoms with E-state index in [2.05, 4.69) is 27.3 Å². The number of amides is 1. The van der Waals surface area contributed by atoms with Crippen LogP contribution in [0.2, 0.25) is 0 Å². The maximum atomic E-state index is 12.2. The van der Waals surface area contributed by atoms with E-state index in [1.807, 2.05) is 6.92 Å². The first-order valence-electron chi connectivity index (χ1n) is 6.52. The number of nitrogens with zero attached hydrogens (tertiary/aromatic N) is 4. The summed E-state index contributed by atoms with van der Waals surface area (Å²) in [5, 5.41) is 7.73. The molecule has 0 saturated heterocycles. The molecule has 6 nitrogen and oxygen atoms in total. The molecule has 0 aromatic carbocycles. The summed E-state index contributed by atoms with van der Waals surface area (Å²) in [6, 6.07) is 1.77. The summed E-state index contributed by atoms with van der Waals surface area (Å²) in [6.45, 7) is 3.80. The standard InChI is InChI=1S/C13H17N5OS/c1-8-6-10(18(3)16-8)12(19)15-13-14-9-4-5-17(2)7-11(9)20-13/h6H,4-5,7H2,1-3H3,(H,14,15,19). The zero-order valence-corrected chi connectivity index (χ0v) is 12.6. The number of rotatable bonds is 2. The minimum absolute atomic E-state index is 0.160. The summed E-state index contributed by atoms with van der Waals surface area (Å²) >= 11 is 1.56. The van der Waals surface area contributed by atoms with E-state index in [9.17, 15) is 4.79 Å². The Hall–Kier alpha value is -1.73. The molecular weight excluding hydrogens is 274 g/mol. The monoisotopic (exact) mass is 291 g/mol. The third-order valence-corrected chi connectivity index (χ3v) is 4.38. The predicted octanol–water partition coefficient (Wildman–Crippen LogP) is 1.43. The van der Waals surface area contributed by atoms with Gasteiger partial charge in [-0.05, 0) is 20.0 Å². The Bertz CT molecular complexity index is 660. The fraction of sp³-hybridized carbons (Fsp3) is 0.462. The summed E-state index contributed by atoms with van der Waals surface area (Å²) < 4.78 is 1.59. The van der Waals surface area contributed by atoms with Crippen LogP contribution in [0.3, 0.4) is 0 Å². The molecule has 0 unspecified atom stereocenters. The van der Waals surface area contributed by atoms with Crippen molar-refractivity contribution in [3.8, 4) is 0 Å². The summed E-state index contributed by atoms with van der Waals surface area (Å²) in [6.07, 6.45) is 0.947. The van der Waals surface area contributed by atoms with Gasteiger partial charge in [0.1, 0.15) is 5.69 Å². The second-order valence-electron chi connectivity index (χ2n) is 5.13. The fourth-order valence-electron chi connectivity index (χ4n) is 2.36. The Morgan fingerprint density at radius 2 is 2.25 bits per heavy atom. The Kier molecular flexibility index (Phi) is 3.31. The smallest absolute Gasteiger partial charge is 0.275 e. The van der Waals surface area contributed by atoms with Crippen molar-refractivity contribution in [3.63, 3.8) is 0 Å². The maximum absolute atomic E-state index is 12.2. The van der Waals surface area contributed by atoms with Gasteiger partial charge in [-0.25, -0.2) is 4.98 Å². The zero-order valence-electron chi connectivity index (χ0n) is 11.8. The number of carbonyl (C=O) groups excluding carboxylic acids is 1. The fourth-order valence-corrected chi connectivity index (χ4v) is 3.44. The van der Waals surface area contributed by atoms with E-state index >= 15 is 0 Å². The Labute approximate surface area is 121 Å². The Balaban J connectivity index is 1.78. The highest BCUT2D eigenvalue weighted by Crippen LogP contribution is 2.27. The van der Waals surface area contributed by atoms with Crippen LogP contribution in [0.15, 0.2) is 6.07 Å². The van der Waals surface area contributed by atoms with Crippen molar-refractivity contribution in [2.75, 3.05) is 18.9 Å². The van der Waals surface area contributed by atoms with Crippen LogP contribution >= 0.6 is 11.3 Å². The van der Waals surface area contributed by atoms with E-state index < -0.39 is 0 Å². The summed E-state index contributed by atoms with van der Waals surface area (Å²) in [5.74, 6) is -0.160. The summed E-state index contributed by atoms with van der Waals surface area (Å²) in [5.41, 5.74) is 2.50. The number of likely N-dealkylation sites (N-methyl/N-ethyl adjacent to an activating group) is 1.